The van der Waals surface area contributed by atoms with E-state index < -0.39 is 0 Å². The van der Waals surface area contributed by atoms with E-state index in [0.29, 0.717) is 18.1 Å². The maximum absolute atomic E-state index is 12.5. The van der Waals surface area contributed by atoms with Gasteiger partial charge in [0.25, 0.3) is 5.56 Å². The number of carbonyl (C=O) groups excluding carboxylic acids is 1. The summed E-state index contributed by atoms with van der Waals surface area (Å²) in [4.78, 5) is 30.9. The van der Waals surface area contributed by atoms with Crippen LogP contribution in [0.4, 0.5) is 11.5 Å². The third-order valence-electron chi connectivity index (χ3n) is 4.61. The van der Waals surface area contributed by atoms with Gasteiger partial charge in [-0.25, -0.2) is 9.67 Å². The maximum atomic E-state index is 12.5. The Bertz CT molecular complexity index is 818. The summed E-state index contributed by atoms with van der Waals surface area (Å²) in [5.41, 5.74) is 7.67. The fourth-order valence-electron chi connectivity index (χ4n) is 3.46. The molecule has 23 heavy (non-hydrogen) atoms. The number of ketones is 1. The second-order valence-electron chi connectivity index (χ2n) is 6.10. The maximum Gasteiger partial charge on any atom is 0.294 e. The summed E-state index contributed by atoms with van der Waals surface area (Å²) in [7, 11) is 0. The van der Waals surface area contributed by atoms with Gasteiger partial charge in [0.1, 0.15) is 0 Å². The molecule has 0 spiro atoms. The molecule has 1 aromatic rings. The summed E-state index contributed by atoms with van der Waals surface area (Å²) in [5.74, 6) is 0.362. The van der Waals surface area contributed by atoms with Crippen molar-refractivity contribution in [2.45, 2.75) is 32.4 Å². The number of nitrogen functional groups attached to an aromatic ring is 1. The number of carbonyl (C=O) groups is 1. The Morgan fingerprint density at radius 1 is 0.957 bits per heavy atom. The van der Waals surface area contributed by atoms with E-state index in [4.69, 9.17) is 5.73 Å². The molecule has 120 valence electrons. The molecule has 1 saturated heterocycles. The van der Waals surface area contributed by atoms with Crippen LogP contribution in [0.3, 0.4) is 0 Å². The summed E-state index contributed by atoms with van der Waals surface area (Å²) in [6.45, 7) is 3.24. The van der Waals surface area contributed by atoms with Gasteiger partial charge in [-0.1, -0.05) is 0 Å². The van der Waals surface area contributed by atoms with E-state index in [9.17, 15) is 9.59 Å². The Kier molecular flexibility index (Phi) is 3.21. The number of nitrogens with two attached hydrogens (primary N) is 1. The third kappa shape index (κ3) is 2.23. The lowest BCUT2D eigenvalue weighted by Gasteiger charge is -2.22. The highest BCUT2D eigenvalue weighted by Gasteiger charge is 2.25. The SMILES string of the molecule is Nc1c(/N=C2\C=CC(=O)C=C2N2CCCC2)c(=O)n2n1CCC2. The van der Waals surface area contributed by atoms with Crippen molar-refractivity contribution < 1.29 is 4.79 Å². The first-order valence-corrected chi connectivity index (χ1v) is 8.02. The van der Waals surface area contributed by atoms with Crippen LogP contribution in [-0.4, -0.2) is 38.8 Å². The molecule has 4 rings (SSSR count). The Balaban J connectivity index is 1.78. The molecule has 0 unspecified atom stereocenters. The highest BCUT2D eigenvalue weighted by Crippen LogP contribution is 2.25. The molecule has 1 aromatic heterocycles. The van der Waals surface area contributed by atoms with Crippen LogP contribution in [0, 0.1) is 0 Å². The number of aliphatic imine (C=N–C) groups is 1. The number of rotatable bonds is 2. The van der Waals surface area contributed by atoms with Crippen LogP contribution in [0.2, 0.25) is 0 Å². The van der Waals surface area contributed by atoms with Gasteiger partial charge in [-0.2, -0.15) is 0 Å². The van der Waals surface area contributed by atoms with Crippen LogP contribution in [0.25, 0.3) is 0 Å². The van der Waals surface area contributed by atoms with Crippen LogP contribution in [-0.2, 0) is 17.9 Å². The van der Waals surface area contributed by atoms with Crippen LogP contribution in [0.5, 0.6) is 0 Å². The quantitative estimate of drug-likeness (QED) is 0.819. The van der Waals surface area contributed by atoms with E-state index in [1.807, 2.05) is 0 Å². The lowest BCUT2D eigenvalue weighted by molar-refractivity contribution is -0.110. The highest BCUT2D eigenvalue weighted by atomic mass is 16.1. The molecule has 0 aromatic carbocycles. The Morgan fingerprint density at radius 3 is 2.43 bits per heavy atom. The summed E-state index contributed by atoms with van der Waals surface area (Å²) >= 11 is 0. The average Bonchev–Trinajstić information content (AvgIpc) is 3.26. The fourth-order valence-corrected chi connectivity index (χ4v) is 3.46. The predicted octanol–water partition coefficient (Wildman–Crippen LogP) is 0.827. The summed E-state index contributed by atoms with van der Waals surface area (Å²) < 4.78 is 3.43. The number of hydrogen-bond acceptors (Lipinski definition) is 5. The number of anilines is 1. The Hall–Kier alpha value is -2.57. The minimum atomic E-state index is -0.154. The number of allylic oxidation sites excluding steroid dienone is 3. The second-order valence-corrected chi connectivity index (χ2v) is 6.10. The van der Waals surface area contributed by atoms with Crippen LogP contribution in [0.1, 0.15) is 19.3 Å². The van der Waals surface area contributed by atoms with Crippen molar-refractivity contribution >= 4 is 23.0 Å². The van der Waals surface area contributed by atoms with Gasteiger partial charge in [-0.05, 0) is 31.4 Å². The van der Waals surface area contributed by atoms with Gasteiger partial charge in [0.15, 0.2) is 17.3 Å². The molecule has 2 aliphatic heterocycles. The van der Waals surface area contributed by atoms with Gasteiger partial charge in [0.05, 0.1) is 11.4 Å². The molecule has 0 saturated carbocycles. The molecule has 7 nitrogen and oxygen atoms in total. The van der Waals surface area contributed by atoms with E-state index >= 15 is 0 Å². The number of aromatic nitrogens is 2. The van der Waals surface area contributed by atoms with Crippen LogP contribution < -0.4 is 11.3 Å². The first-order chi connectivity index (χ1) is 11.1. The summed E-state index contributed by atoms with van der Waals surface area (Å²) in [5, 5.41) is 0. The molecular formula is C16H19N5O2. The van der Waals surface area contributed by atoms with Gasteiger partial charge in [-0.15, -0.1) is 0 Å². The fraction of sp³-hybridized carbons (Fsp3) is 0.438. The first-order valence-electron chi connectivity index (χ1n) is 8.02. The van der Waals surface area contributed by atoms with Crippen molar-refractivity contribution in [1.82, 2.24) is 14.3 Å². The van der Waals surface area contributed by atoms with E-state index in [1.165, 1.54) is 6.08 Å². The summed E-state index contributed by atoms with van der Waals surface area (Å²) in [6.07, 6.45) is 7.89. The zero-order valence-corrected chi connectivity index (χ0v) is 12.9. The zero-order chi connectivity index (χ0) is 16.0. The molecule has 0 radical (unpaired) electrons. The van der Waals surface area contributed by atoms with Gasteiger partial charge >= 0.3 is 0 Å². The predicted molar refractivity (Wildman–Crippen MR) is 87.9 cm³/mol. The van der Waals surface area contributed by atoms with Crippen molar-refractivity contribution in [3.63, 3.8) is 0 Å². The minimum Gasteiger partial charge on any atom is -0.382 e. The van der Waals surface area contributed by atoms with Gasteiger partial charge in [0.2, 0.25) is 0 Å². The number of hydrogen-bond donors (Lipinski definition) is 1. The standard InChI is InChI=1S/C16H19N5O2/c17-15-14(16(23)21-9-3-8-20(15)21)18-12-5-4-11(22)10-13(12)19-6-1-2-7-19/h4-5,10H,1-3,6-9,17H2/b18-12+. The van der Waals surface area contributed by atoms with Crippen molar-refractivity contribution in [3.05, 3.63) is 34.3 Å². The minimum absolute atomic E-state index is 0.0464. The molecule has 1 fully saturated rings. The molecule has 7 heteroatoms. The normalized spacial score (nSPS) is 22.1. The third-order valence-corrected chi connectivity index (χ3v) is 4.61. The molecule has 0 atom stereocenters. The Labute approximate surface area is 133 Å². The monoisotopic (exact) mass is 313 g/mol. The first kappa shape index (κ1) is 14.0. The topological polar surface area (TPSA) is 85.6 Å². The molecule has 0 bridgehead atoms. The molecule has 2 N–H and O–H groups in total. The molecular weight excluding hydrogens is 294 g/mol. The summed E-state index contributed by atoms with van der Waals surface area (Å²) in [6, 6.07) is 0. The van der Waals surface area contributed by atoms with Crippen molar-refractivity contribution in [2.24, 2.45) is 4.99 Å². The van der Waals surface area contributed by atoms with Gasteiger partial charge in [-0.3, -0.25) is 14.3 Å². The number of fused-ring (bicyclic) bond motifs is 1. The van der Waals surface area contributed by atoms with E-state index in [1.54, 1.807) is 21.5 Å². The van der Waals surface area contributed by atoms with Gasteiger partial charge < -0.3 is 10.6 Å². The average molecular weight is 313 g/mol. The zero-order valence-electron chi connectivity index (χ0n) is 12.9. The van der Waals surface area contributed by atoms with Crippen molar-refractivity contribution in [1.29, 1.82) is 0 Å². The molecule has 3 aliphatic rings. The largest absolute Gasteiger partial charge is 0.382 e. The second kappa shape index (κ2) is 5.26. The molecule has 3 heterocycles. The number of nitrogens with zero attached hydrogens (tertiary/aromatic N) is 4. The van der Waals surface area contributed by atoms with E-state index in [-0.39, 0.29) is 17.0 Å². The lowest BCUT2D eigenvalue weighted by atomic mass is 10.1. The lowest BCUT2D eigenvalue weighted by Crippen LogP contribution is -2.26. The van der Waals surface area contributed by atoms with Crippen LogP contribution >= 0.6 is 0 Å². The van der Waals surface area contributed by atoms with Crippen LogP contribution in [0.15, 0.2) is 33.7 Å². The van der Waals surface area contributed by atoms with Crippen molar-refractivity contribution in [2.75, 3.05) is 18.8 Å². The molecule has 0 amide bonds. The Morgan fingerprint density at radius 2 is 1.70 bits per heavy atom. The highest BCUT2D eigenvalue weighted by molar-refractivity contribution is 6.20. The van der Waals surface area contributed by atoms with Gasteiger partial charge in [0, 0.05) is 32.3 Å². The van der Waals surface area contributed by atoms with Crippen molar-refractivity contribution in [3.8, 4) is 0 Å². The van der Waals surface area contributed by atoms with E-state index in [0.717, 1.165) is 44.6 Å². The number of likely N-dealkylation sites (tertiary alicyclic amines) is 1. The van der Waals surface area contributed by atoms with E-state index in [2.05, 4.69) is 9.89 Å². The molecule has 1 aliphatic carbocycles. The smallest absolute Gasteiger partial charge is 0.294 e.